The van der Waals surface area contributed by atoms with Crippen LogP contribution in [0.4, 0.5) is 17.6 Å². The molecule has 1 atom stereocenters. The van der Waals surface area contributed by atoms with E-state index in [1.165, 1.54) is 6.07 Å². The van der Waals surface area contributed by atoms with Crippen molar-refractivity contribution in [2.24, 2.45) is 11.1 Å². The predicted octanol–water partition coefficient (Wildman–Crippen LogP) is 2.86. The average Bonchev–Trinajstić information content (AvgIpc) is 2.27. The lowest BCUT2D eigenvalue weighted by atomic mass is 9.81. The molecule has 102 valence electrons. The van der Waals surface area contributed by atoms with E-state index in [0.717, 1.165) is 6.07 Å². The van der Waals surface area contributed by atoms with E-state index in [1.54, 1.807) is 13.8 Å². The van der Waals surface area contributed by atoms with E-state index in [2.05, 4.69) is 0 Å². The van der Waals surface area contributed by atoms with Crippen molar-refractivity contribution < 1.29 is 22.7 Å². The van der Waals surface area contributed by atoms with Gasteiger partial charge < -0.3 is 10.8 Å². The number of hydrogen-bond donors (Lipinski definition) is 2. The first-order valence-corrected chi connectivity index (χ1v) is 5.33. The van der Waals surface area contributed by atoms with Gasteiger partial charge in [0.05, 0.1) is 5.56 Å². The molecule has 2 nitrogen and oxygen atoms in total. The Kier molecular flexibility index (Phi) is 4.02. The Morgan fingerprint density at radius 3 is 2.28 bits per heavy atom. The second-order valence-electron chi connectivity index (χ2n) is 4.83. The van der Waals surface area contributed by atoms with Gasteiger partial charge in [0.25, 0.3) is 0 Å². The molecule has 0 aliphatic carbocycles. The third-order valence-corrected chi connectivity index (χ3v) is 2.92. The summed E-state index contributed by atoms with van der Waals surface area (Å²) in [5.41, 5.74) is 3.23. The molecule has 0 aromatic heterocycles. The lowest BCUT2D eigenvalue weighted by Crippen LogP contribution is -2.33. The van der Waals surface area contributed by atoms with Crippen LogP contribution in [0.25, 0.3) is 0 Å². The maximum absolute atomic E-state index is 13.8. The van der Waals surface area contributed by atoms with Gasteiger partial charge in [-0.3, -0.25) is 0 Å². The fourth-order valence-corrected chi connectivity index (χ4v) is 1.53. The molecule has 1 aromatic carbocycles. The molecule has 1 aromatic rings. The van der Waals surface area contributed by atoms with Gasteiger partial charge in [-0.2, -0.15) is 13.2 Å². The number of benzene rings is 1. The van der Waals surface area contributed by atoms with E-state index in [-0.39, 0.29) is 12.2 Å². The van der Waals surface area contributed by atoms with Gasteiger partial charge in [0.1, 0.15) is 5.82 Å². The van der Waals surface area contributed by atoms with Gasteiger partial charge >= 0.3 is 6.18 Å². The van der Waals surface area contributed by atoms with E-state index in [4.69, 9.17) is 10.8 Å². The Hall–Kier alpha value is -1.14. The van der Waals surface area contributed by atoms with Crippen LogP contribution < -0.4 is 5.73 Å². The monoisotopic (exact) mass is 265 g/mol. The Morgan fingerprint density at radius 1 is 1.28 bits per heavy atom. The zero-order chi connectivity index (χ0) is 14.1. The number of rotatable bonds is 3. The summed E-state index contributed by atoms with van der Waals surface area (Å²) in [4.78, 5) is 0. The maximum atomic E-state index is 13.8. The summed E-state index contributed by atoms with van der Waals surface area (Å²) in [6.45, 7) is 2.75. The van der Waals surface area contributed by atoms with Crippen LogP contribution in [0, 0.1) is 11.2 Å². The van der Waals surface area contributed by atoms with E-state index >= 15 is 0 Å². The molecule has 3 N–H and O–H groups in total. The summed E-state index contributed by atoms with van der Waals surface area (Å²) >= 11 is 0. The normalized spacial score (nSPS) is 14.7. The molecule has 0 aliphatic heterocycles. The molecule has 18 heavy (non-hydrogen) atoms. The van der Waals surface area contributed by atoms with Crippen molar-refractivity contribution in [3.05, 3.63) is 35.1 Å². The van der Waals surface area contributed by atoms with E-state index in [1.807, 2.05) is 0 Å². The summed E-state index contributed by atoms with van der Waals surface area (Å²) < 4.78 is 51.4. The maximum Gasteiger partial charge on any atom is 0.419 e. The van der Waals surface area contributed by atoms with Crippen molar-refractivity contribution in [1.29, 1.82) is 0 Å². The molecule has 0 amide bonds. The Balaban J connectivity index is 3.28. The van der Waals surface area contributed by atoms with Crippen LogP contribution in [0.5, 0.6) is 0 Å². The highest BCUT2D eigenvalue weighted by molar-refractivity contribution is 5.31. The fraction of sp³-hybridized carbons (Fsp3) is 0.500. The number of aliphatic hydroxyl groups is 1. The number of aliphatic hydroxyl groups excluding tert-OH is 1. The molecular weight excluding hydrogens is 250 g/mol. The summed E-state index contributed by atoms with van der Waals surface area (Å²) in [6.07, 6.45) is -4.76. The molecule has 0 aliphatic rings. The molecule has 0 spiro atoms. The van der Waals surface area contributed by atoms with Crippen molar-refractivity contribution in [3.8, 4) is 0 Å². The van der Waals surface area contributed by atoms with Crippen LogP contribution in [-0.4, -0.2) is 11.7 Å². The molecular formula is C12H15F4NO. The average molecular weight is 265 g/mol. The lowest BCUT2D eigenvalue weighted by molar-refractivity contribution is -0.140. The highest BCUT2D eigenvalue weighted by atomic mass is 19.4. The highest BCUT2D eigenvalue weighted by Gasteiger charge is 2.37. The minimum atomic E-state index is -4.76. The third kappa shape index (κ3) is 2.81. The number of hydrogen-bond acceptors (Lipinski definition) is 2. The molecule has 0 saturated carbocycles. The SMILES string of the molecule is CC(C)(CO)[C@@H](N)c1cccc(C(F)(F)F)c1F. The van der Waals surface area contributed by atoms with Crippen molar-refractivity contribution in [3.63, 3.8) is 0 Å². The zero-order valence-electron chi connectivity index (χ0n) is 10.1. The van der Waals surface area contributed by atoms with Crippen molar-refractivity contribution in [2.45, 2.75) is 26.1 Å². The largest absolute Gasteiger partial charge is 0.419 e. The number of nitrogens with two attached hydrogens (primary N) is 1. The van der Waals surface area contributed by atoms with Crippen LogP contribution in [0.1, 0.15) is 31.0 Å². The Morgan fingerprint density at radius 2 is 1.83 bits per heavy atom. The van der Waals surface area contributed by atoms with Gasteiger partial charge in [-0.1, -0.05) is 26.0 Å². The Bertz CT molecular complexity index is 429. The predicted molar refractivity (Wildman–Crippen MR) is 59.2 cm³/mol. The summed E-state index contributed by atoms with van der Waals surface area (Å²) in [7, 11) is 0. The minimum Gasteiger partial charge on any atom is -0.396 e. The van der Waals surface area contributed by atoms with Crippen LogP contribution in [0.15, 0.2) is 18.2 Å². The molecule has 1 rings (SSSR count). The molecule has 6 heteroatoms. The first-order chi connectivity index (χ1) is 8.11. The number of halogens is 4. The second-order valence-corrected chi connectivity index (χ2v) is 4.83. The topological polar surface area (TPSA) is 46.2 Å². The van der Waals surface area contributed by atoms with Gasteiger partial charge in [-0.15, -0.1) is 0 Å². The summed E-state index contributed by atoms with van der Waals surface area (Å²) in [6, 6.07) is 1.95. The summed E-state index contributed by atoms with van der Waals surface area (Å²) in [5.74, 6) is -1.38. The zero-order valence-corrected chi connectivity index (χ0v) is 10.1. The molecule has 0 radical (unpaired) electrons. The highest BCUT2D eigenvalue weighted by Crippen LogP contribution is 2.37. The first-order valence-electron chi connectivity index (χ1n) is 5.33. The van der Waals surface area contributed by atoms with Crippen molar-refractivity contribution >= 4 is 0 Å². The van der Waals surface area contributed by atoms with E-state index in [0.29, 0.717) is 6.07 Å². The van der Waals surface area contributed by atoms with Gasteiger partial charge in [0, 0.05) is 23.6 Å². The Labute approximate surface area is 102 Å². The van der Waals surface area contributed by atoms with Crippen LogP contribution in [0.2, 0.25) is 0 Å². The third-order valence-electron chi connectivity index (χ3n) is 2.92. The fourth-order valence-electron chi connectivity index (χ4n) is 1.53. The molecule has 0 unspecified atom stereocenters. The van der Waals surface area contributed by atoms with Gasteiger partial charge in [0.15, 0.2) is 0 Å². The van der Waals surface area contributed by atoms with Gasteiger partial charge in [0.2, 0.25) is 0 Å². The van der Waals surface area contributed by atoms with E-state index in [9.17, 15) is 17.6 Å². The van der Waals surface area contributed by atoms with Crippen LogP contribution in [-0.2, 0) is 6.18 Å². The van der Waals surface area contributed by atoms with Crippen molar-refractivity contribution in [2.75, 3.05) is 6.61 Å². The van der Waals surface area contributed by atoms with E-state index < -0.39 is 29.0 Å². The molecule has 0 heterocycles. The first kappa shape index (κ1) is 14.9. The standard InChI is InChI=1S/C12H15F4NO/c1-11(2,6-18)10(17)7-4-3-5-8(9(7)13)12(14,15)16/h3-5,10,18H,6,17H2,1-2H3/t10-/m0/s1. The smallest absolute Gasteiger partial charge is 0.396 e. The molecule has 0 bridgehead atoms. The minimum absolute atomic E-state index is 0.246. The quantitative estimate of drug-likeness (QED) is 0.825. The molecule has 0 fully saturated rings. The van der Waals surface area contributed by atoms with Gasteiger partial charge in [-0.05, 0) is 6.07 Å². The second kappa shape index (κ2) is 4.85. The number of alkyl halides is 3. The van der Waals surface area contributed by atoms with Crippen molar-refractivity contribution in [1.82, 2.24) is 0 Å². The lowest BCUT2D eigenvalue weighted by Gasteiger charge is -2.30. The van der Waals surface area contributed by atoms with Crippen LogP contribution in [0.3, 0.4) is 0 Å². The van der Waals surface area contributed by atoms with Crippen LogP contribution >= 0.6 is 0 Å². The summed E-state index contributed by atoms with van der Waals surface area (Å²) in [5, 5.41) is 9.12. The van der Waals surface area contributed by atoms with Gasteiger partial charge in [-0.25, -0.2) is 4.39 Å². The molecule has 0 saturated heterocycles.